The smallest absolute Gasteiger partial charge is 0.462 e. The molecule has 530 valence electrons. The van der Waals surface area contributed by atoms with Crippen LogP contribution in [0, 0.1) is 5.92 Å². The summed E-state index contributed by atoms with van der Waals surface area (Å²) in [7, 11) is -9.91. The van der Waals surface area contributed by atoms with Crippen LogP contribution >= 0.6 is 15.6 Å². The van der Waals surface area contributed by atoms with Gasteiger partial charge in [0.05, 0.1) is 26.4 Å². The van der Waals surface area contributed by atoms with Gasteiger partial charge in [0.2, 0.25) is 0 Å². The third kappa shape index (κ3) is 64.3. The fourth-order valence-corrected chi connectivity index (χ4v) is 11.9. The van der Waals surface area contributed by atoms with Crippen molar-refractivity contribution in [3.8, 4) is 0 Å². The summed E-state index contributed by atoms with van der Waals surface area (Å²) in [5.74, 6) is -1.39. The van der Waals surface area contributed by atoms with Crippen molar-refractivity contribution >= 4 is 39.5 Å². The molecule has 0 saturated heterocycles. The predicted molar refractivity (Wildman–Crippen MR) is 363 cm³/mol. The van der Waals surface area contributed by atoms with Crippen molar-refractivity contribution < 1.29 is 80.2 Å². The van der Waals surface area contributed by atoms with E-state index in [2.05, 4.69) is 58.9 Å². The van der Waals surface area contributed by atoms with E-state index in [1.807, 2.05) is 0 Å². The number of aliphatic hydroxyl groups excluding tert-OH is 1. The van der Waals surface area contributed by atoms with Crippen molar-refractivity contribution in [2.75, 3.05) is 39.6 Å². The minimum absolute atomic E-state index is 0.0851. The lowest BCUT2D eigenvalue weighted by Crippen LogP contribution is -2.30. The third-order valence-corrected chi connectivity index (χ3v) is 17.8. The topological polar surface area (TPSA) is 237 Å². The minimum atomic E-state index is -4.96. The van der Waals surface area contributed by atoms with Crippen LogP contribution in [0.4, 0.5) is 0 Å². The van der Waals surface area contributed by atoms with Gasteiger partial charge in [0, 0.05) is 25.7 Å². The van der Waals surface area contributed by atoms with E-state index in [1.54, 1.807) is 0 Å². The zero-order chi connectivity index (χ0) is 66.3. The summed E-state index contributed by atoms with van der Waals surface area (Å²) in [6.07, 6.45) is 53.6. The van der Waals surface area contributed by atoms with Gasteiger partial charge in [-0.1, -0.05) is 290 Å². The number of hydrogen-bond donors (Lipinski definition) is 3. The molecule has 0 aliphatic rings. The van der Waals surface area contributed by atoms with Gasteiger partial charge in [-0.05, 0) is 57.3 Å². The van der Waals surface area contributed by atoms with Crippen LogP contribution in [0.1, 0.15) is 343 Å². The summed E-state index contributed by atoms with van der Waals surface area (Å²) in [6, 6.07) is 0. The van der Waals surface area contributed by atoms with Crippen LogP contribution in [-0.4, -0.2) is 96.7 Å². The van der Waals surface area contributed by atoms with Crippen molar-refractivity contribution in [2.24, 2.45) is 5.92 Å². The summed E-state index contributed by atoms with van der Waals surface area (Å²) < 4.78 is 68.2. The van der Waals surface area contributed by atoms with Gasteiger partial charge >= 0.3 is 39.5 Å². The number of esters is 4. The van der Waals surface area contributed by atoms with E-state index < -0.39 is 97.5 Å². The fourth-order valence-electron chi connectivity index (χ4n) is 10.3. The quantitative estimate of drug-likeness (QED) is 0.0169. The third-order valence-electron chi connectivity index (χ3n) is 15.9. The molecule has 2 unspecified atom stereocenters. The molecule has 0 rings (SSSR count). The van der Waals surface area contributed by atoms with E-state index in [9.17, 15) is 43.2 Å². The first-order chi connectivity index (χ1) is 43.5. The Labute approximate surface area is 548 Å². The highest BCUT2D eigenvalue weighted by molar-refractivity contribution is 7.47. The highest BCUT2D eigenvalue weighted by atomic mass is 31.2. The summed E-state index contributed by atoms with van der Waals surface area (Å²) in [5, 5.41) is 10.6. The van der Waals surface area contributed by atoms with Crippen LogP contribution in [0.5, 0.6) is 0 Å². The van der Waals surface area contributed by atoms with Crippen LogP contribution in [0.3, 0.4) is 0 Å². The molecule has 0 aromatic heterocycles. The number of carbonyl (C=O) groups is 4. The maximum absolute atomic E-state index is 13.0. The van der Waals surface area contributed by atoms with Gasteiger partial charge in [-0.2, -0.15) is 0 Å². The lowest BCUT2D eigenvalue weighted by atomic mass is 10.0. The van der Waals surface area contributed by atoms with E-state index in [0.717, 1.165) is 121 Å². The molecular weight excluding hydrogens is 1190 g/mol. The number of ether oxygens (including phenoxy) is 4. The first-order valence-electron chi connectivity index (χ1n) is 36.5. The minimum Gasteiger partial charge on any atom is -0.462 e. The second-order valence-electron chi connectivity index (χ2n) is 25.4. The molecule has 19 heteroatoms. The number of rotatable bonds is 69. The Balaban J connectivity index is 5.24. The van der Waals surface area contributed by atoms with Gasteiger partial charge in [0.15, 0.2) is 12.2 Å². The van der Waals surface area contributed by atoms with E-state index in [4.69, 9.17) is 37.0 Å². The number of carbonyl (C=O) groups excluding carboxylic acids is 4. The molecule has 0 heterocycles. The van der Waals surface area contributed by atoms with Crippen molar-refractivity contribution in [1.82, 2.24) is 0 Å². The zero-order valence-electron chi connectivity index (χ0n) is 57.8. The number of aliphatic hydroxyl groups is 1. The Morgan fingerprint density at radius 2 is 0.600 bits per heavy atom. The highest BCUT2D eigenvalue weighted by Gasteiger charge is 2.30. The normalized spacial score (nSPS) is 14.2. The average Bonchev–Trinajstić information content (AvgIpc) is 3.55. The molecule has 17 nitrogen and oxygen atoms in total. The Morgan fingerprint density at radius 3 is 0.911 bits per heavy atom. The molecule has 0 radical (unpaired) electrons. The Hall–Kier alpha value is -2.46. The molecule has 0 bridgehead atoms. The largest absolute Gasteiger partial charge is 0.472 e. The number of hydrogen-bond acceptors (Lipinski definition) is 15. The Morgan fingerprint density at radius 1 is 0.344 bits per heavy atom. The molecule has 0 aliphatic heterocycles. The molecule has 0 aromatic rings. The molecule has 0 aliphatic carbocycles. The molecule has 0 spiro atoms. The molecule has 0 amide bonds. The number of phosphoric ester groups is 2. The van der Waals surface area contributed by atoms with Crippen molar-refractivity contribution in [3.63, 3.8) is 0 Å². The first kappa shape index (κ1) is 87.5. The van der Waals surface area contributed by atoms with Crippen molar-refractivity contribution in [1.29, 1.82) is 0 Å². The van der Waals surface area contributed by atoms with E-state index in [-0.39, 0.29) is 25.7 Å². The average molecular weight is 1320 g/mol. The predicted octanol–water partition coefficient (Wildman–Crippen LogP) is 20.1. The van der Waals surface area contributed by atoms with Gasteiger partial charge < -0.3 is 33.8 Å². The van der Waals surface area contributed by atoms with Crippen LogP contribution < -0.4 is 0 Å². The summed E-state index contributed by atoms with van der Waals surface area (Å²) >= 11 is 0. The number of phosphoric acid groups is 2. The summed E-state index contributed by atoms with van der Waals surface area (Å²) in [4.78, 5) is 72.4. The summed E-state index contributed by atoms with van der Waals surface area (Å²) in [6.45, 7) is 7.15. The maximum atomic E-state index is 13.0. The van der Waals surface area contributed by atoms with Crippen LogP contribution in [0.15, 0.2) is 24.3 Å². The van der Waals surface area contributed by atoms with E-state index >= 15 is 0 Å². The number of unbranched alkanes of at least 4 members (excludes halogenated alkanes) is 38. The monoisotopic (exact) mass is 1320 g/mol. The zero-order valence-corrected chi connectivity index (χ0v) is 59.5. The van der Waals surface area contributed by atoms with Crippen LogP contribution in [0.25, 0.3) is 0 Å². The fraction of sp³-hybridized carbons (Fsp3) is 0.887. The Kier molecular flexibility index (Phi) is 62.2. The first-order valence-corrected chi connectivity index (χ1v) is 39.4. The van der Waals surface area contributed by atoms with Gasteiger partial charge in [0.1, 0.15) is 19.3 Å². The van der Waals surface area contributed by atoms with E-state index in [0.29, 0.717) is 25.7 Å². The molecule has 0 aromatic carbocycles. The SMILES string of the molecule is CCCCCC/C=C\C=C/CCCCCCCC(=O)O[C@H](COC(=O)CCCCCCCCCCCCCC(C)C)COP(=O)(O)OC[C@@H](O)COP(=O)(O)OC[C@@H](COC(=O)CCCCCCCCC)OC(=O)CCCCCCCCCCCCCCCC. The maximum Gasteiger partial charge on any atom is 0.472 e. The van der Waals surface area contributed by atoms with Crippen molar-refractivity contribution in [3.05, 3.63) is 24.3 Å². The highest BCUT2D eigenvalue weighted by Crippen LogP contribution is 2.45. The second-order valence-corrected chi connectivity index (χ2v) is 28.3. The van der Waals surface area contributed by atoms with Crippen LogP contribution in [0.2, 0.25) is 0 Å². The van der Waals surface area contributed by atoms with Gasteiger partial charge in [-0.15, -0.1) is 0 Å². The molecule has 3 N–H and O–H groups in total. The Bertz CT molecular complexity index is 1830. The van der Waals surface area contributed by atoms with Crippen LogP contribution in [-0.2, 0) is 65.4 Å². The van der Waals surface area contributed by atoms with Crippen molar-refractivity contribution in [2.45, 2.75) is 361 Å². The molecule has 90 heavy (non-hydrogen) atoms. The standard InChI is InChI=1S/C71H134O17P2/c1-6-9-12-15-18-20-22-24-26-28-32-37-42-47-52-57-71(76)88-67(61-82-69(74)55-50-45-40-35-33-29-30-34-39-43-48-53-64(4)5)63-86-90(79,80)84-59-65(72)58-83-89(77,78)85-62-66(60-81-68(73)54-49-44-38-17-14-11-8-3)87-70(75)56-51-46-41-36-31-27-25-23-21-19-16-13-10-7-2/h20,22,24,26,64-67,72H,6-19,21,23,25,27-63H2,1-5H3,(H,77,78)(H,79,80)/b22-20-,26-24-/t65-,66+,67+/m0/s1. The molecule has 0 saturated carbocycles. The lowest BCUT2D eigenvalue weighted by Gasteiger charge is -2.21. The summed E-state index contributed by atoms with van der Waals surface area (Å²) in [5.41, 5.74) is 0. The molecular formula is C71H134O17P2. The molecule has 0 fully saturated rings. The van der Waals surface area contributed by atoms with E-state index in [1.165, 1.54) is 141 Å². The van der Waals surface area contributed by atoms with Gasteiger partial charge in [-0.3, -0.25) is 37.3 Å². The molecule has 5 atom stereocenters. The number of allylic oxidation sites excluding steroid dienone is 4. The van der Waals surface area contributed by atoms with Gasteiger partial charge in [0.25, 0.3) is 0 Å². The lowest BCUT2D eigenvalue weighted by molar-refractivity contribution is -0.161. The van der Waals surface area contributed by atoms with Gasteiger partial charge in [-0.25, -0.2) is 9.13 Å². The second kappa shape index (κ2) is 63.9.